The molecule has 6 heteroatoms. The van der Waals surface area contributed by atoms with Crippen molar-refractivity contribution < 1.29 is 19.5 Å². The third-order valence-electron chi connectivity index (χ3n) is 6.00. The number of amides is 2. The summed E-state index contributed by atoms with van der Waals surface area (Å²) in [6.45, 7) is 2.20. The van der Waals surface area contributed by atoms with Crippen molar-refractivity contribution in [2.45, 2.75) is 70.8 Å². The van der Waals surface area contributed by atoms with Gasteiger partial charge in [-0.1, -0.05) is 32.1 Å². The molecule has 1 heterocycles. The molecule has 1 unspecified atom stereocenters. The van der Waals surface area contributed by atoms with E-state index in [1.807, 2.05) is 12.1 Å². The first-order valence-electron chi connectivity index (χ1n) is 10.4. The second-order valence-electron chi connectivity index (χ2n) is 8.11. The van der Waals surface area contributed by atoms with Crippen LogP contribution in [0.5, 0.6) is 0 Å². The molecule has 1 atom stereocenters. The number of nitrogens with zero attached hydrogens (tertiary/aromatic N) is 1. The SMILES string of the molecule is CC(=O)N1CCc2cc(C(=O)NC(CCC(=O)O)CC3CCCCC3)ccc21. The van der Waals surface area contributed by atoms with E-state index in [0.717, 1.165) is 24.1 Å². The summed E-state index contributed by atoms with van der Waals surface area (Å²) in [5.41, 5.74) is 2.47. The number of hydrogen-bond acceptors (Lipinski definition) is 3. The largest absolute Gasteiger partial charge is 0.481 e. The number of hydrogen-bond donors (Lipinski definition) is 2. The number of aliphatic carboxylic acids is 1. The number of carbonyl (C=O) groups is 3. The standard InChI is InChI=1S/C22H30N2O4/c1-15(25)24-12-11-17-14-18(7-9-20(17)24)22(28)23-19(8-10-21(26)27)13-16-5-3-2-4-6-16/h7,9,14,16,19H,2-6,8,10-13H2,1H3,(H,23,28)(H,26,27). The van der Waals surface area contributed by atoms with Crippen LogP contribution in [0.3, 0.4) is 0 Å². The zero-order chi connectivity index (χ0) is 20.1. The van der Waals surface area contributed by atoms with Gasteiger partial charge in [-0.25, -0.2) is 0 Å². The van der Waals surface area contributed by atoms with Crippen LogP contribution in [0, 0.1) is 5.92 Å². The maximum Gasteiger partial charge on any atom is 0.303 e. The van der Waals surface area contributed by atoms with E-state index in [4.69, 9.17) is 5.11 Å². The maximum absolute atomic E-state index is 12.8. The normalized spacial score (nSPS) is 17.8. The lowest BCUT2D eigenvalue weighted by atomic mass is 9.84. The Labute approximate surface area is 166 Å². The molecular formula is C22H30N2O4. The fraction of sp³-hybridized carbons (Fsp3) is 0.591. The van der Waals surface area contributed by atoms with Crippen molar-refractivity contribution in [1.29, 1.82) is 0 Å². The number of carboxylic acid groups (broad SMARTS) is 1. The summed E-state index contributed by atoms with van der Waals surface area (Å²) >= 11 is 0. The number of rotatable bonds is 7. The van der Waals surface area contributed by atoms with E-state index >= 15 is 0 Å². The van der Waals surface area contributed by atoms with Gasteiger partial charge in [-0.05, 0) is 48.9 Å². The first kappa shape index (κ1) is 20.4. The van der Waals surface area contributed by atoms with E-state index in [0.29, 0.717) is 24.4 Å². The molecule has 1 fully saturated rings. The van der Waals surface area contributed by atoms with E-state index in [9.17, 15) is 14.4 Å². The highest BCUT2D eigenvalue weighted by molar-refractivity contribution is 5.98. The van der Waals surface area contributed by atoms with Crippen molar-refractivity contribution in [1.82, 2.24) is 5.32 Å². The van der Waals surface area contributed by atoms with Crippen LogP contribution in [0.1, 0.15) is 74.2 Å². The maximum atomic E-state index is 12.8. The summed E-state index contributed by atoms with van der Waals surface area (Å²) in [7, 11) is 0. The predicted molar refractivity (Wildman–Crippen MR) is 107 cm³/mol. The topological polar surface area (TPSA) is 86.7 Å². The number of anilines is 1. The van der Waals surface area contributed by atoms with Crippen LogP contribution in [0.25, 0.3) is 0 Å². The predicted octanol–water partition coefficient (Wildman–Crippen LogP) is 3.53. The minimum Gasteiger partial charge on any atom is -0.481 e. The Morgan fingerprint density at radius 3 is 2.64 bits per heavy atom. The average molecular weight is 386 g/mol. The Bertz CT molecular complexity index is 740. The third-order valence-corrected chi connectivity index (χ3v) is 6.00. The van der Waals surface area contributed by atoms with Gasteiger partial charge in [-0.15, -0.1) is 0 Å². The van der Waals surface area contributed by atoms with E-state index in [1.165, 1.54) is 32.1 Å². The molecule has 152 valence electrons. The molecule has 1 aliphatic heterocycles. The zero-order valence-corrected chi connectivity index (χ0v) is 16.6. The molecule has 3 rings (SSSR count). The van der Waals surface area contributed by atoms with Gasteiger partial charge in [0, 0.05) is 37.2 Å². The van der Waals surface area contributed by atoms with Crippen LogP contribution in [0.4, 0.5) is 5.69 Å². The monoisotopic (exact) mass is 386 g/mol. The van der Waals surface area contributed by atoms with Crippen LogP contribution in [-0.4, -0.2) is 35.5 Å². The number of fused-ring (bicyclic) bond motifs is 1. The molecule has 1 aromatic carbocycles. The molecule has 0 radical (unpaired) electrons. The van der Waals surface area contributed by atoms with Gasteiger partial charge in [-0.2, -0.15) is 0 Å². The molecule has 28 heavy (non-hydrogen) atoms. The van der Waals surface area contributed by atoms with Gasteiger partial charge in [0.2, 0.25) is 5.91 Å². The van der Waals surface area contributed by atoms with E-state index in [2.05, 4.69) is 5.32 Å². The summed E-state index contributed by atoms with van der Waals surface area (Å²) in [5.74, 6) is -0.408. The minimum atomic E-state index is -0.829. The summed E-state index contributed by atoms with van der Waals surface area (Å²) in [6.07, 6.45) is 8.18. The second-order valence-corrected chi connectivity index (χ2v) is 8.11. The van der Waals surface area contributed by atoms with Gasteiger partial charge in [0.25, 0.3) is 5.91 Å². The van der Waals surface area contributed by atoms with Crippen molar-refractivity contribution in [2.24, 2.45) is 5.92 Å². The summed E-state index contributed by atoms with van der Waals surface area (Å²) in [6, 6.07) is 5.34. The molecule has 0 spiro atoms. The summed E-state index contributed by atoms with van der Waals surface area (Å²) in [4.78, 5) is 37.3. The average Bonchev–Trinajstić information content (AvgIpc) is 3.10. The highest BCUT2D eigenvalue weighted by atomic mass is 16.4. The lowest BCUT2D eigenvalue weighted by Crippen LogP contribution is -2.37. The lowest BCUT2D eigenvalue weighted by molar-refractivity contribution is -0.137. The first-order chi connectivity index (χ1) is 13.4. The molecule has 2 amide bonds. The number of carboxylic acids is 1. The summed E-state index contributed by atoms with van der Waals surface area (Å²) < 4.78 is 0. The minimum absolute atomic E-state index is 0.0113. The van der Waals surface area contributed by atoms with Crippen LogP contribution >= 0.6 is 0 Å². The van der Waals surface area contributed by atoms with Crippen LogP contribution in [0.2, 0.25) is 0 Å². The van der Waals surface area contributed by atoms with Crippen molar-refractivity contribution >= 4 is 23.5 Å². The van der Waals surface area contributed by atoms with Crippen molar-refractivity contribution in [3.63, 3.8) is 0 Å². The molecule has 2 aliphatic rings. The zero-order valence-electron chi connectivity index (χ0n) is 16.6. The Kier molecular flexibility index (Phi) is 6.70. The molecule has 6 nitrogen and oxygen atoms in total. The van der Waals surface area contributed by atoms with E-state index in [-0.39, 0.29) is 24.3 Å². The Hall–Kier alpha value is -2.37. The first-order valence-corrected chi connectivity index (χ1v) is 10.4. The number of carbonyl (C=O) groups excluding carboxylic acids is 2. The van der Waals surface area contributed by atoms with Gasteiger partial charge < -0.3 is 15.3 Å². The van der Waals surface area contributed by atoms with E-state index in [1.54, 1.807) is 17.9 Å². The molecular weight excluding hydrogens is 356 g/mol. The highest BCUT2D eigenvalue weighted by Crippen LogP contribution is 2.30. The molecule has 1 aliphatic carbocycles. The quantitative estimate of drug-likeness (QED) is 0.750. The molecule has 0 saturated heterocycles. The number of benzene rings is 1. The molecule has 0 bridgehead atoms. The van der Waals surface area contributed by atoms with Crippen LogP contribution in [0.15, 0.2) is 18.2 Å². The Balaban J connectivity index is 1.66. The van der Waals surface area contributed by atoms with Crippen molar-refractivity contribution in [2.75, 3.05) is 11.4 Å². The Morgan fingerprint density at radius 2 is 1.96 bits per heavy atom. The van der Waals surface area contributed by atoms with Crippen LogP contribution in [-0.2, 0) is 16.0 Å². The van der Waals surface area contributed by atoms with Gasteiger partial charge in [0.15, 0.2) is 0 Å². The fourth-order valence-electron chi connectivity index (χ4n) is 4.51. The van der Waals surface area contributed by atoms with E-state index < -0.39 is 5.97 Å². The van der Waals surface area contributed by atoms with Crippen molar-refractivity contribution in [3.8, 4) is 0 Å². The van der Waals surface area contributed by atoms with Gasteiger partial charge in [0.1, 0.15) is 0 Å². The number of nitrogens with one attached hydrogen (secondary N) is 1. The van der Waals surface area contributed by atoms with Gasteiger partial charge >= 0.3 is 5.97 Å². The van der Waals surface area contributed by atoms with Gasteiger partial charge in [-0.3, -0.25) is 14.4 Å². The third kappa shape index (κ3) is 5.12. The van der Waals surface area contributed by atoms with Crippen molar-refractivity contribution in [3.05, 3.63) is 29.3 Å². The summed E-state index contributed by atoms with van der Waals surface area (Å²) in [5, 5.41) is 12.1. The fourth-order valence-corrected chi connectivity index (χ4v) is 4.51. The van der Waals surface area contributed by atoms with Crippen LogP contribution < -0.4 is 10.2 Å². The molecule has 0 aromatic heterocycles. The lowest BCUT2D eigenvalue weighted by Gasteiger charge is -2.27. The Morgan fingerprint density at radius 1 is 1.21 bits per heavy atom. The molecule has 1 aromatic rings. The molecule has 1 saturated carbocycles. The molecule has 2 N–H and O–H groups in total. The smallest absolute Gasteiger partial charge is 0.303 e. The van der Waals surface area contributed by atoms with Gasteiger partial charge in [0.05, 0.1) is 0 Å². The highest BCUT2D eigenvalue weighted by Gasteiger charge is 2.25. The second kappa shape index (κ2) is 9.22.